The molecule has 2 fully saturated rings. The zero-order valence-electron chi connectivity index (χ0n) is 23.8. The van der Waals surface area contributed by atoms with Crippen molar-refractivity contribution in [2.75, 3.05) is 19.8 Å². The highest BCUT2D eigenvalue weighted by molar-refractivity contribution is 5.69. The Kier molecular flexibility index (Phi) is 16.4. The monoisotopic (exact) mass is 580 g/mol. The lowest BCUT2D eigenvalue weighted by atomic mass is 9.98. The Balaban J connectivity index is 1.76. The average molecular weight is 581 g/mol. The molecule has 0 spiro atoms. The Morgan fingerprint density at radius 3 is 1.73 bits per heavy atom. The summed E-state index contributed by atoms with van der Waals surface area (Å²) in [5, 5.41) is 70.6. The van der Waals surface area contributed by atoms with Gasteiger partial charge in [0, 0.05) is 6.42 Å². The van der Waals surface area contributed by atoms with Crippen LogP contribution in [0.5, 0.6) is 0 Å². The minimum Gasteiger partial charge on any atom is -0.456 e. The highest BCUT2D eigenvalue weighted by Gasteiger charge is 2.58. The van der Waals surface area contributed by atoms with Crippen molar-refractivity contribution in [3.8, 4) is 0 Å². The second kappa shape index (κ2) is 18.6. The van der Waals surface area contributed by atoms with E-state index in [1.54, 1.807) is 0 Å². The van der Waals surface area contributed by atoms with E-state index in [2.05, 4.69) is 6.92 Å². The number of aliphatic hydroxyl groups excluding tert-OH is 7. The number of ether oxygens (including phenoxy) is 4. The van der Waals surface area contributed by atoms with Crippen LogP contribution in [0.1, 0.15) is 96.8 Å². The molecule has 0 unspecified atom stereocenters. The van der Waals surface area contributed by atoms with Crippen LogP contribution in [0, 0.1) is 0 Å². The summed E-state index contributed by atoms with van der Waals surface area (Å²) in [4.78, 5) is 12.5. The lowest BCUT2D eigenvalue weighted by Crippen LogP contribution is -2.63. The van der Waals surface area contributed by atoms with Gasteiger partial charge < -0.3 is 54.7 Å². The van der Waals surface area contributed by atoms with E-state index in [4.69, 9.17) is 18.9 Å². The second-order valence-corrected chi connectivity index (χ2v) is 11.0. The number of aliphatic hydroxyl groups is 7. The maximum absolute atomic E-state index is 12.5. The van der Waals surface area contributed by atoms with E-state index >= 15 is 0 Å². The molecule has 12 nitrogen and oxygen atoms in total. The Bertz CT molecular complexity index is 696. The number of hydrogen-bond donors (Lipinski definition) is 7. The van der Waals surface area contributed by atoms with Crippen LogP contribution in [-0.4, -0.2) is 116 Å². The molecule has 0 radical (unpaired) electrons. The number of esters is 1. The van der Waals surface area contributed by atoms with Crippen molar-refractivity contribution in [1.82, 2.24) is 0 Å². The fourth-order valence-electron chi connectivity index (χ4n) is 5.25. The lowest BCUT2D eigenvalue weighted by Gasteiger charge is -2.44. The van der Waals surface area contributed by atoms with E-state index in [-0.39, 0.29) is 6.42 Å². The number of carbonyl (C=O) groups is 1. The maximum atomic E-state index is 12.5. The fraction of sp³-hybridized carbons (Fsp3) is 0.964. The van der Waals surface area contributed by atoms with Crippen LogP contribution in [0.15, 0.2) is 0 Å². The standard InChI is InChI=1S/C28H52O12/c1-2-3-4-5-6-7-8-9-10-11-12-13-14-15-21(32)38-25-22(33)19(16-29)37-27(24(25)35)40-28(18-31)26(36)23(34)20(17-30)39-28/h19-20,22-27,29-31,33-36H,2-18H2,1H3/t19-,20-,22-,23-,24-,25+,26+,27-,28+/m1/s1. The molecule has 236 valence electrons. The van der Waals surface area contributed by atoms with Crippen LogP contribution >= 0.6 is 0 Å². The average Bonchev–Trinajstić information content (AvgIpc) is 3.20. The topological polar surface area (TPSA) is 196 Å². The first-order valence-electron chi connectivity index (χ1n) is 15.0. The van der Waals surface area contributed by atoms with Gasteiger partial charge in [-0.25, -0.2) is 0 Å². The zero-order valence-corrected chi connectivity index (χ0v) is 23.8. The quantitative estimate of drug-likeness (QED) is 0.0785. The normalized spacial score (nSPS) is 34.3. The molecule has 0 aromatic rings. The van der Waals surface area contributed by atoms with Crippen LogP contribution in [-0.2, 0) is 23.7 Å². The van der Waals surface area contributed by atoms with Crippen LogP contribution in [0.3, 0.4) is 0 Å². The highest BCUT2D eigenvalue weighted by atomic mass is 16.8. The zero-order chi connectivity index (χ0) is 29.5. The summed E-state index contributed by atoms with van der Waals surface area (Å²) in [5.41, 5.74) is 0. The van der Waals surface area contributed by atoms with Crippen LogP contribution in [0.4, 0.5) is 0 Å². The van der Waals surface area contributed by atoms with Crippen LogP contribution in [0.25, 0.3) is 0 Å². The minimum absolute atomic E-state index is 0.0800. The van der Waals surface area contributed by atoms with Gasteiger partial charge in [0.1, 0.15) is 43.2 Å². The summed E-state index contributed by atoms with van der Waals surface area (Å²) in [7, 11) is 0. The van der Waals surface area contributed by atoms with E-state index in [0.29, 0.717) is 6.42 Å². The Morgan fingerprint density at radius 2 is 1.25 bits per heavy atom. The van der Waals surface area contributed by atoms with Gasteiger partial charge in [-0.2, -0.15) is 0 Å². The molecule has 2 rings (SSSR count). The van der Waals surface area contributed by atoms with E-state index in [1.807, 2.05) is 0 Å². The number of unbranched alkanes of at least 4 members (excludes halogenated alkanes) is 12. The second-order valence-electron chi connectivity index (χ2n) is 11.0. The van der Waals surface area contributed by atoms with Crippen molar-refractivity contribution in [2.45, 2.75) is 152 Å². The largest absolute Gasteiger partial charge is 0.456 e. The van der Waals surface area contributed by atoms with E-state index < -0.39 is 80.6 Å². The molecule has 0 amide bonds. The number of hydrogen-bond acceptors (Lipinski definition) is 12. The molecular weight excluding hydrogens is 528 g/mol. The third kappa shape index (κ3) is 10.1. The third-order valence-corrected chi connectivity index (χ3v) is 7.80. The van der Waals surface area contributed by atoms with Crippen molar-refractivity contribution < 1.29 is 59.5 Å². The predicted molar refractivity (Wildman–Crippen MR) is 143 cm³/mol. The molecule has 9 atom stereocenters. The summed E-state index contributed by atoms with van der Waals surface area (Å²) in [6.07, 6.45) is 2.51. The van der Waals surface area contributed by atoms with Gasteiger partial charge in [-0.15, -0.1) is 0 Å². The summed E-state index contributed by atoms with van der Waals surface area (Å²) in [5.74, 6) is -2.92. The molecule has 0 aliphatic carbocycles. The molecule has 2 aliphatic rings. The summed E-state index contributed by atoms with van der Waals surface area (Å²) >= 11 is 0. The SMILES string of the molecule is CCCCCCCCCCCCCCCC(=O)O[C@@H]1[C@@H](O)[C@@H](O[C@]2(CO)O[C@H](CO)[C@@H](O)[C@@H]2O)O[C@H](CO)[C@H]1O. The van der Waals surface area contributed by atoms with Gasteiger partial charge in [-0.3, -0.25) is 4.79 Å². The predicted octanol–water partition coefficient (Wildman–Crippen LogP) is 0.637. The van der Waals surface area contributed by atoms with Crippen molar-refractivity contribution in [3.05, 3.63) is 0 Å². The summed E-state index contributed by atoms with van der Waals surface area (Å²) < 4.78 is 21.6. The fourth-order valence-corrected chi connectivity index (χ4v) is 5.25. The summed E-state index contributed by atoms with van der Waals surface area (Å²) in [6.45, 7) is -0.156. The molecule has 2 heterocycles. The first-order chi connectivity index (χ1) is 19.2. The first kappa shape index (κ1) is 35.3. The third-order valence-electron chi connectivity index (χ3n) is 7.80. The first-order valence-corrected chi connectivity index (χ1v) is 15.0. The van der Waals surface area contributed by atoms with Gasteiger partial charge in [0.25, 0.3) is 0 Å². The van der Waals surface area contributed by atoms with Crippen LogP contribution in [0.2, 0.25) is 0 Å². The number of rotatable bonds is 20. The molecule has 12 heteroatoms. The summed E-state index contributed by atoms with van der Waals surface area (Å²) in [6, 6.07) is 0. The van der Waals surface area contributed by atoms with Crippen LogP contribution < -0.4 is 0 Å². The Hall–Kier alpha value is -0.930. The molecular formula is C28H52O12. The molecule has 2 saturated heterocycles. The molecule has 0 bridgehead atoms. The van der Waals surface area contributed by atoms with Gasteiger partial charge in [0.2, 0.25) is 5.79 Å². The molecule has 40 heavy (non-hydrogen) atoms. The van der Waals surface area contributed by atoms with E-state index in [1.165, 1.54) is 57.8 Å². The van der Waals surface area contributed by atoms with Gasteiger partial charge in [0.05, 0.1) is 13.2 Å². The van der Waals surface area contributed by atoms with E-state index in [9.17, 15) is 40.5 Å². The number of carbonyl (C=O) groups excluding carboxylic acids is 1. The molecule has 0 saturated carbocycles. The molecule has 0 aromatic heterocycles. The molecule has 0 aromatic carbocycles. The van der Waals surface area contributed by atoms with Gasteiger partial charge in [0.15, 0.2) is 12.4 Å². The van der Waals surface area contributed by atoms with Gasteiger partial charge in [-0.1, -0.05) is 84.0 Å². The Morgan fingerprint density at radius 1 is 0.725 bits per heavy atom. The Labute approximate surface area is 237 Å². The van der Waals surface area contributed by atoms with Crippen molar-refractivity contribution in [3.63, 3.8) is 0 Å². The van der Waals surface area contributed by atoms with Crippen molar-refractivity contribution in [1.29, 1.82) is 0 Å². The molecule has 7 N–H and O–H groups in total. The highest BCUT2D eigenvalue weighted by Crippen LogP contribution is 2.36. The van der Waals surface area contributed by atoms with E-state index in [0.717, 1.165) is 19.3 Å². The maximum Gasteiger partial charge on any atom is 0.306 e. The van der Waals surface area contributed by atoms with Gasteiger partial charge in [-0.05, 0) is 6.42 Å². The smallest absolute Gasteiger partial charge is 0.306 e. The van der Waals surface area contributed by atoms with Crippen molar-refractivity contribution >= 4 is 5.97 Å². The lowest BCUT2D eigenvalue weighted by molar-refractivity contribution is -0.383. The molecule has 2 aliphatic heterocycles. The minimum atomic E-state index is -2.27. The van der Waals surface area contributed by atoms with Gasteiger partial charge >= 0.3 is 5.97 Å². The van der Waals surface area contributed by atoms with Crippen molar-refractivity contribution in [2.24, 2.45) is 0 Å².